The third-order valence-corrected chi connectivity index (χ3v) is 2.11. The van der Waals surface area contributed by atoms with Crippen molar-refractivity contribution < 1.29 is 13.2 Å². The molecule has 0 aliphatic carbocycles. The predicted octanol–water partition coefficient (Wildman–Crippen LogP) is 1.81. The number of hydrogen-bond acceptors (Lipinski definition) is 3. The maximum absolute atomic E-state index is 13.1. The Bertz CT molecular complexity index is 499. The summed E-state index contributed by atoms with van der Waals surface area (Å²) in [7, 11) is 0. The van der Waals surface area contributed by atoms with E-state index in [4.69, 9.17) is 0 Å². The molecule has 2 aromatic heterocycles. The van der Waals surface area contributed by atoms with Gasteiger partial charge in [-0.1, -0.05) is 0 Å². The highest BCUT2D eigenvalue weighted by Gasteiger charge is 2.10. The Balaban J connectivity index is 1.97. The van der Waals surface area contributed by atoms with Gasteiger partial charge in [0.25, 0.3) is 5.95 Å². The molecular weight excluding hydrogens is 233 g/mol. The summed E-state index contributed by atoms with van der Waals surface area (Å²) in [4.78, 5) is 6.97. The number of hydrogen-bond donors (Lipinski definition) is 1. The van der Waals surface area contributed by atoms with Crippen LogP contribution >= 0.6 is 0 Å². The standard InChI is InChI=1S/C10H9F3N4/c11-7-5-8(12)10(16-9(7)13)15-2-4-17-3-1-14-6-17/h1,3,5-6H,2,4H2,(H,15,16). The minimum atomic E-state index is -1.32. The van der Waals surface area contributed by atoms with Crippen molar-refractivity contribution in [1.82, 2.24) is 14.5 Å². The minimum Gasteiger partial charge on any atom is -0.366 e. The Morgan fingerprint density at radius 2 is 2.06 bits per heavy atom. The van der Waals surface area contributed by atoms with Crippen LogP contribution in [0.4, 0.5) is 19.0 Å². The average molecular weight is 242 g/mol. The topological polar surface area (TPSA) is 42.7 Å². The summed E-state index contributed by atoms with van der Waals surface area (Å²) >= 11 is 0. The van der Waals surface area contributed by atoms with Gasteiger partial charge in [0.2, 0.25) is 0 Å². The van der Waals surface area contributed by atoms with Crippen LogP contribution in [0.2, 0.25) is 0 Å². The van der Waals surface area contributed by atoms with Crippen molar-refractivity contribution in [1.29, 1.82) is 0 Å². The Kier molecular flexibility index (Phi) is 3.27. The number of halogens is 3. The molecule has 2 aromatic rings. The summed E-state index contributed by atoms with van der Waals surface area (Å²) in [6.45, 7) is 0.839. The fourth-order valence-electron chi connectivity index (χ4n) is 1.29. The molecule has 0 fully saturated rings. The first-order chi connectivity index (χ1) is 8.16. The van der Waals surface area contributed by atoms with Gasteiger partial charge < -0.3 is 9.88 Å². The van der Waals surface area contributed by atoms with E-state index in [9.17, 15) is 13.2 Å². The predicted molar refractivity (Wildman–Crippen MR) is 54.8 cm³/mol. The Morgan fingerprint density at radius 3 is 2.76 bits per heavy atom. The average Bonchev–Trinajstić information content (AvgIpc) is 2.78. The molecule has 0 spiro atoms. The molecule has 4 nitrogen and oxygen atoms in total. The molecule has 90 valence electrons. The summed E-state index contributed by atoms with van der Waals surface area (Å²) in [5.74, 6) is -3.85. The summed E-state index contributed by atoms with van der Waals surface area (Å²) in [6, 6.07) is 0.460. The fourth-order valence-corrected chi connectivity index (χ4v) is 1.29. The maximum atomic E-state index is 13.1. The molecule has 0 amide bonds. The van der Waals surface area contributed by atoms with Gasteiger partial charge >= 0.3 is 0 Å². The molecule has 7 heteroatoms. The lowest BCUT2D eigenvalue weighted by Crippen LogP contribution is -2.12. The van der Waals surface area contributed by atoms with Crippen molar-refractivity contribution in [3.63, 3.8) is 0 Å². The second-order valence-corrected chi connectivity index (χ2v) is 3.32. The summed E-state index contributed by atoms with van der Waals surface area (Å²) in [6.07, 6.45) is 4.93. The first kappa shape index (κ1) is 11.4. The molecule has 0 aromatic carbocycles. The van der Waals surface area contributed by atoms with Gasteiger partial charge in [-0.3, -0.25) is 0 Å². The Hall–Kier alpha value is -2.05. The molecule has 2 rings (SSSR count). The summed E-state index contributed by atoms with van der Waals surface area (Å²) < 4.78 is 40.2. The van der Waals surface area contributed by atoms with Crippen LogP contribution in [0.15, 0.2) is 24.8 Å². The second kappa shape index (κ2) is 4.86. The van der Waals surface area contributed by atoms with Gasteiger partial charge in [0.15, 0.2) is 17.5 Å². The lowest BCUT2D eigenvalue weighted by atomic mass is 10.4. The van der Waals surface area contributed by atoms with E-state index >= 15 is 0 Å². The molecule has 0 atom stereocenters. The maximum Gasteiger partial charge on any atom is 0.251 e. The normalized spacial score (nSPS) is 10.5. The van der Waals surface area contributed by atoms with E-state index in [0.717, 1.165) is 0 Å². The molecule has 0 aliphatic heterocycles. The number of imidazole rings is 1. The first-order valence-electron chi connectivity index (χ1n) is 4.88. The van der Waals surface area contributed by atoms with Gasteiger partial charge in [0.1, 0.15) is 0 Å². The van der Waals surface area contributed by atoms with Crippen LogP contribution in [0, 0.1) is 17.6 Å². The van der Waals surface area contributed by atoms with Gasteiger partial charge in [-0.15, -0.1) is 0 Å². The lowest BCUT2D eigenvalue weighted by Gasteiger charge is -2.07. The second-order valence-electron chi connectivity index (χ2n) is 3.32. The molecular formula is C10H9F3N4. The molecule has 1 N–H and O–H groups in total. The van der Waals surface area contributed by atoms with Crippen molar-refractivity contribution in [3.05, 3.63) is 42.4 Å². The Labute approximate surface area is 95.1 Å². The van der Waals surface area contributed by atoms with Crippen LogP contribution < -0.4 is 5.32 Å². The van der Waals surface area contributed by atoms with E-state index in [1.165, 1.54) is 0 Å². The van der Waals surface area contributed by atoms with E-state index in [0.29, 0.717) is 19.2 Å². The van der Waals surface area contributed by atoms with Gasteiger partial charge in [0.05, 0.1) is 6.33 Å². The molecule has 0 unspecified atom stereocenters. The van der Waals surface area contributed by atoms with Crippen LogP contribution in [0.5, 0.6) is 0 Å². The number of nitrogens with zero attached hydrogens (tertiary/aromatic N) is 3. The molecule has 0 saturated heterocycles. The zero-order valence-electron chi connectivity index (χ0n) is 8.70. The monoisotopic (exact) mass is 242 g/mol. The first-order valence-corrected chi connectivity index (χ1v) is 4.88. The van der Waals surface area contributed by atoms with Crippen LogP contribution in [-0.2, 0) is 6.54 Å². The third kappa shape index (κ3) is 2.74. The zero-order valence-corrected chi connectivity index (χ0v) is 8.70. The van der Waals surface area contributed by atoms with Gasteiger partial charge in [-0.05, 0) is 0 Å². The summed E-state index contributed by atoms with van der Waals surface area (Å²) in [5, 5.41) is 2.58. The minimum absolute atomic E-state index is 0.302. The number of pyridine rings is 1. The van der Waals surface area contributed by atoms with Crippen molar-refractivity contribution in [2.75, 3.05) is 11.9 Å². The fraction of sp³-hybridized carbons (Fsp3) is 0.200. The van der Waals surface area contributed by atoms with Gasteiger partial charge in [-0.2, -0.15) is 9.37 Å². The number of aromatic nitrogens is 3. The van der Waals surface area contributed by atoms with E-state index in [-0.39, 0.29) is 5.82 Å². The van der Waals surface area contributed by atoms with Crippen LogP contribution in [0.1, 0.15) is 0 Å². The lowest BCUT2D eigenvalue weighted by molar-refractivity contribution is 0.466. The highest BCUT2D eigenvalue weighted by Crippen LogP contribution is 2.13. The third-order valence-electron chi connectivity index (χ3n) is 2.11. The highest BCUT2D eigenvalue weighted by atomic mass is 19.2. The van der Waals surface area contributed by atoms with Crippen LogP contribution in [0.25, 0.3) is 0 Å². The number of rotatable bonds is 4. The molecule has 0 saturated carbocycles. The Morgan fingerprint density at radius 1 is 1.24 bits per heavy atom. The molecule has 0 radical (unpaired) electrons. The largest absolute Gasteiger partial charge is 0.366 e. The summed E-state index contributed by atoms with van der Waals surface area (Å²) in [5.41, 5.74) is 0. The quantitative estimate of drug-likeness (QED) is 0.831. The van der Waals surface area contributed by atoms with Gasteiger partial charge in [0, 0.05) is 31.5 Å². The SMILES string of the molecule is Fc1cc(F)c(NCCn2ccnc2)nc1F. The molecule has 2 heterocycles. The van der Waals surface area contributed by atoms with Crippen LogP contribution in [0.3, 0.4) is 0 Å². The molecule has 0 aliphatic rings. The van der Waals surface area contributed by atoms with Gasteiger partial charge in [-0.25, -0.2) is 13.8 Å². The van der Waals surface area contributed by atoms with Crippen LogP contribution in [-0.4, -0.2) is 21.1 Å². The zero-order chi connectivity index (χ0) is 12.3. The molecule has 0 bridgehead atoms. The molecule has 17 heavy (non-hydrogen) atoms. The van der Waals surface area contributed by atoms with Crippen molar-refractivity contribution >= 4 is 5.82 Å². The van der Waals surface area contributed by atoms with E-state index in [1.807, 2.05) is 0 Å². The number of nitrogens with one attached hydrogen (secondary N) is 1. The van der Waals surface area contributed by atoms with Crippen molar-refractivity contribution in [2.45, 2.75) is 6.54 Å². The smallest absolute Gasteiger partial charge is 0.251 e. The van der Waals surface area contributed by atoms with E-state index < -0.39 is 17.6 Å². The van der Waals surface area contributed by atoms with E-state index in [2.05, 4.69) is 15.3 Å². The van der Waals surface area contributed by atoms with Crippen molar-refractivity contribution in [3.8, 4) is 0 Å². The highest BCUT2D eigenvalue weighted by molar-refractivity contribution is 5.35. The van der Waals surface area contributed by atoms with Crippen molar-refractivity contribution in [2.24, 2.45) is 0 Å². The van der Waals surface area contributed by atoms with E-state index in [1.54, 1.807) is 23.3 Å². The number of anilines is 1.